The zero-order chi connectivity index (χ0) is 9.46. The van der Waals surface area contributed by atoms with Crippen molar-refractivity contribution < 1.29 is 30.6 Å². The number of aliphatic hydroxyl groups excluding tert-OH is 6. The molecule has 24 heavy (non-hydrogen) atoms. The van der Waals surface area contributed by atoms with Gasteiger partial charge >= 0.3 is 355 Å². The van der Waals surface area contributed by atoms with Crippen molar-refractivity contribution in [2.45, 2.75) is 36.6 Å². The van der Waals surface area contributed by atoms with Gasteiger partial charge in [0, 0.05) is 0 Å². The van der Waals surface area contributed by atoms with E-state index in [9.17, 15) is 0 Å². The molecule has 1 fully saturated rings. The Hall–Kier alpha value is 11.8. The van der Waals surface area contributed by atoms with E-state index in [-0.39, 0.29) is 355 Å². The average Bonchev–Trinajstić information content (AvgIpc) is 2.08. The van der Waals surface area contributed by atoms with Gasteiger partial charge in [-0.2, -0.15) is 0 Å². The minimum absolute atomic E-state index is 0. The van der Waals surface area contributed by atoms with Crippen molar-refractivity contribution in [1.82, 2.24) is 0 Å². The number of hydrogen-bond donors (Lipinski definition) is 6. The van der Waals surface area contributed by atoms with Crippen LogP contribution in [-0.4, -0.2) is 422 Å². The Labute approximate surface area is 409 Å². The van der Waals surface area contributed by atoms with Crippen molar-refractivity contribution in [3.63, 3.8) is 0 Å². The summed E-state index contributed by atoms with van der Waals surface area (Å²) in [7, 11) is 0. The van der Waals surface area contributed by atoms with Gasteiger partial charge < -0.3 is 30.6 Å². The Morgan fingerprint density at radius 1 is 0.208 bits per heavy atom. The van der Waals surface area contributed by atoms with Crippen molar-refractivity contribution in [3.8, 4) is 0 Å². The van der Waals surface area contributed by atoms with Crippen LogP contribution in [0.2, 0.25) is 0 Å². The molecule has 0 aromatic carbocycles. The third-order valence-corrected chi connectivity index (χ3v) is 2.10. The van der Waals surface area contributed by atoms with E-state index >= 15 is 0 Å². The van der Waals surface area contributed by atoms with Crippen molar-refractivity contribution in [1.29, 1.82) is 0 Å². The van der Waals surface area contributed by atoms with E-state index in [4.69, 9.17) is 30.6 Å². The van der Waals surface area contributed by atoms with Gasteiger partial charge in [-0.25, -0.2) is 0 Å². The van der Waals surface area contributed by atoms with E-state index in [0.29, 0.717) is 0 Å². The first-order chi connectivity index (χ1) is 5.46. The molecule has 0 aromatic heterocycles. The van der Waals surface area contributed by atoms with Gasteiger partial charge in [-0.05, 0) is 0 Å². The first-order valence-electron chi connectivity index (χ1n) is 3.55. The van der Waals surface area contributed by atoms with Crippen LogP contribution in [0.5, 0.6) is 0 Å². The molecule has 1 rings (SSSR count). The quantitative estimate of drug-likeness (QED) is 0.197. The molecule has 0 bridgehead atoms. The minimum atomic E-state index is -1.64. The maximum atomic E-state index is 8.97. The molecular formula is C6H24Na12O6. The first kappa shape index (κ1) is 76.5. The third kappa shape index (κ3) is 28.3. The second kappa shape index (κ2) is 44.7. The number of hydrogen-bond acceptors (Lipinski definition) is 6. The molecule has 1 saturated carbocycles. The van der Waals surface area contributed by atoms with Crippen molar-refractivity contribution in [2.75, 3.05) is 0 Å². The molecule has 6 N–H and O–H groups in total. The summed E-state index contributed by atoms with van der Waals surface area (Å²) in [6.07, 6.45) is -9.84. The third-order valence-electron chi connectivity index (χ3n) is 2.10. The summed E-state index contributed by atoms with van der Waals surface area (Å²) in [6.45, 7) is 0. The molecule has 0 aromatic rings. The summed E-state index contributed by atoms with van der Waals surface area (Å²) in [5, 5.41) is 53.8. The summed E-state index contributed by atoms with van der Waals surface area (Å²) in [5.41, 5.74) is 0. The predicted octanol–water partition coefficient (Wildman–Crippen LogP) is -11.6. The Kier molecular flexibility index (Phi) is 143. The molecule has 0 heterocycles. The van der Waals surface area contributed by atoms with E-state index in [0.717, 1.165) is 0 Å². The monoisotopic (exact) mass is 468 g/mol. The van der Waals surface area contributed by atoms with Gasteiger partial charge in [0.05, 0.1) is 0 Å². The first-order valence-corrected chi connectivity index (χ1v) is 3.55. The van der Waals surface area contributed by atoms with Gasteiger partial charge in [0.1, 0.15) is 36.6 Å². The van der Waals surface area contributed by atoms with E-state index in [1.165, 1.54) is 0 Å². The van der Waals surface area contributed by atoms with Crippen molar-refractivity contribution in [3.05, 3.63) is 0 Å². The van der Waals surface area contributed by atoms with Gasteiger partial charge in [-0.3, -0.25) is 0 Å². The van der Waals surface area contributed by atoms with Crippen LogP contribution in [0.1, 0.15) is 0 Å². The number of aliphatic hydroxyl groups is 6. The van der Waals surface area contributed by atoms with Crippen LogP contribution in [0.4, 0.5) is 0 Å². The van der Waals surface area contributed by atoms with Gasteiger partial charge in [0.25, 0.3) is 0 Å². The molecule has 0 radical (unpaired) electrons. The van der Waals surface area contributed by atoms with Crippen LogP contribution in [0.25, 0.3) is 0 Å². The van der Waals surface area contributed by atoms with E-state index in [1.54, 1.807) is 0 Å². The molecule has 0 spiro atoms. The van der Waals surface area contributed by atoms with Gasteiger partial charge in [-0.1, -0.05) is 0 Å². The fourth-order valence-electron chi connectivity index (χ4n) is 1.21. The molecule has 18 heteroatoms. The molecule has 0 atom stereocenters. The van der Waals surface area contributed by atoms with Crippen molar-refractivity contribution >= 4 is 355 Å². The molecule has 0 unspecified atom stereocenters. The van der Waals surface area contributed by atoms with Gasteiger partial charge in [0.15, 0.2) is 0 Å². The van der Waals surface area contributed by atoms with Crippen LogP contribution < -0.4 is 0 Å². The standard InChI is InChI=1S/C6H12O6.12Na.12H/c7-1-2(8)4(10)6(12)5(11)3(1)9;;;;;;;;;;;;;;;;;;;;;;;;/h1-12H;;;;;;;;;;;;;;;;;;;;;;;;/t1-,2-,3-,4+,5-,6-;;;;;;;;;;;;;;;;;;;;;;;;. The molecule has 0 aliphatic heterocycles. The molecular weight excluding hydrogens is 444 g/mol. The summed E-state index contributed by atoms with van der Waals surface area (Å²) < 4.78 is 0. The normalized spacial score (nSPS) is 27.8. The Morgan fingerprint density at radius 3 is 0.292 bits per heavy atom. The zero-order valence-corrected chi connectivity index (χ0v) is 6.15. The van der Waals surface area contributed by atoms with Gasteiger partial charge in [0.2, 0.25) is 0 Å². The summed E-state index contributed by atoms with van der Waals surface area (Å²) in [4.78, 5) is 0. The molecule has 1 aliphatic rings. The van der Waals surface area contributed by atoms with Crippen molar-refractivity contribution in [2.24, 2.45) is 0 Å². The SMILES string of the molecule is O[C@H]1[C@H](O)[C@@H](O)[C@H](O)[C@@H](O)[C@H]1O.[NaH].[NaH].[NaH].[NaH].[NaH].[NaH].[NaH].[NaH].[NaH].[NaH].[NaH].[NaH]. The average molecular weight is 468 g/mol. The van der Waals surface area contributed by atoms with Crippen LogP contribution in [0.15, 0.2) is 0 Å². The summed E-state index contributed by atoms with van der Waals surface area (Å²) >= 11 is 0. The van der Waals surface area contributed by atoms with E-state index < -0.39 is 36.6 Å². The molecule has 96 valence electrons. The zero-order valence-electron chi connectivity index (χ0n) is 6.15. The molecule has 0 amide bonds. The summed E-state index contributed by atoms with van der Waals surface area (Å²) in [6, 6.07) is 0. The van der Waals surface area contributed by atoms with Crippen LogP contribution in [0.3, 0.4) is 0 Å². The second-order valence-electron chi connectivity index (χ2n) is 2.94. The molecule has 6 nitrogen and oxygen atoms in total. The van der Waals surface area contributed by atoms with Crippen LogP contribution in [0, 0.1) is 0 Å². The summed E-state index contributed by atoms with van der Waals surface area (Å²) in [5.74, 6) is 0. The second-order valence-corrected chi connectivity index (χ2v) is 2.94. The van der Waals surface area contributed by atoms with Crippen LogP contribution in [-0.2, 0) is 0 Å². The topological polar surface area (TPSA) is 121 Å². The Morgan fingerprint density at radius 2 is 0.250 bits per heavy atom. The maximum absolute atomic E-state index is 8.97. The van der Waals surface area contributed by atoms with Gasteiger partial charge in [-0.15, -0.1) is 0 Å². The Balaban J connectivity index is -0.0000000120. The number of rotatable bonds is 0. The van der Waals surface area contributed by atoms with Crippen LogP contribution >= 0.6 is 0 Å². The molecule has 1 aliphatic carbocycles. The van der Waals surface area contributed by atoms with E-state index in [1.807, 2.05) is 0 Å². The Bertz CT molecular complexity index is 128. The fraction of sp³-hybridized carbons (Fsp3) is 1.00. The molecule has 0 saturated heterocycles. The predicted molar refractivity (Wildman–Crippen MR) is 122 cm³/mol. The van der Waals surface area contributed by atoms with E-state index in [2.05, 4.69) is 0 Å². The fourth-order valence-corrected chi connectivity index (χ4v) is 1.21.